The molecule has 1 unspecified atom stereocenters. The summed E-state index contributed by atoms with van der Waals surface area (Å²) in [6.07, 6.45) is 1.13. The Morgan fingerprint density at radius 1 is 1.24 bits per heavy atom. The number of hydrogen-bond donors (Lipinski definition) is 0. The van der Waals surface area contributed by atoms with Crippen LogP contribution in [0.25, 0.3) is 0 Å². The average Bonchev–Trinajstić information content (AvgIpc) is 2.25. The highest BCUT2D eigenvalue weighted by molar-refractivity contribution is 5.98. The molecule has 1 aromatic rings. The van der Waals surface area contributed by atoms with Gasteiger partial charge in [-0.1, -0.05) is 38.1 Å². The highest BCUT2D eigenvalue weighted by atomic mass is 16.5. The van der Waals surface area contributed by atoms with Crippen LogP contribution in [-0.4, -0.2) is 18.5 Å². The Morgan fingerprint density at radius 2 is 1.88 bits per heavy atom. The Bertz CT molecular complexity index is 369. The van der Waals surface area contributed by atoms with Gasteiger partial charge in [-0.05, 0) is 31.7 Å². The molecular formula is C15H22O2. The van der Waals surface area contributed by atoms with Gasteiger partial charge in [0.1, 0.15) is 6.61 Å². The van der Waals surface area contributed by atoms with Crippen LogP contribution in [0.5, 0.6) is 0 Å². The second-order valence-corrected chi connectivity index (χ2v) is 4.99. The number of aryl methyl sites for hydroxylation is 1. The summed E-state index contributed by atoms with van der Waals surface area (Å²) in [4.78, 5) is 11.9. The molecule has 1 rings (SSSR count). The largest absolute Gasteiger partial charge is 0.370 e. The van der Waals surface area contributed by atoms with Crippen LogP contribution >= 0.6 is 0 Å². The number of rotatable bonds is 6. The summed E-state index contributed by atoms with van der Waals surface area (Å²) < 4.78 is 5.57. The first-order chi connectivity index (χ1) is 8.00. The Morgan fingerprint density at radius 3 is 2.47 bits per heavy atom. The van der Waals surface area contributed by atoms with Gasteiger partial charge in [-0.15, -0.1) is 0 Å². The summed E-state index contributed by atoms with van der Waals surface area (Å²) in [5.41, 5.74) is 1.78. The van der Waals surface area contributed by atoms with Crippen LogP contribution in [0, 0.1) is 12.8 Å². The topological polar surface area (TPSA) is 26.3 Å². The normalized spacial score (nSPS) is 12.8. The van der Waals surface area contributed by atoms with E-state index in [4.69, 9.17) is 4.74 Å². The van der Waals surface area contributed by atoms with Gasteiger partial charge >= 0.3 is 0 Å². The quantitative estimate of drug-likeness (QED) is 0.703. The van der Waals surface area contributed by atoms with E-state index in [1.165, 1.54) is 0 Å². The van der Waals surface area contributed by atoms with Crippen molar-refractivity contribution in [1.29, 1.82) is 0 Å². The second kappa shape index (κ2) is 6.55. The monoisotopic (exact) mass is 234 g/mol. The van der Waals surface area contributed by atoms with Gasteiger partial charge in [-0.25, -0.2) is 0 Å². The predicted octanol–water partition coefficient (Wildman–Crippen LogP) is 3.63. The lowest BCUT2D eigenvalue weighted by Gasteiger charge is -2.14. The molecule has 2 heteroatoms. The fourth-order valence-electron chi connectivity index (χ4n) is 1.91. The SMILES string of the molecule is Cc1ccccc1C(=O)COC(C)CC(C)C. The molecule has 0 radical (unpaired) electrons. The van der Waals surface area contributed by atoms with Crippen LogP contribution in [-0.2, 0) is 4.74 Å². The van der Waals surface area contributed by atoms with Crippen LogP contribution in [0.2, 0.25) is 0 Å². The lowest BCUT2D eigenvalue weighted by molar-refractivity contribution is 0.0444. The van der Waals surface area contributed by atoms with Crippen LogP contribution in [0.4, 0.5) is 0 Å². The summed E-state index contributed by atoms with van der Waals surface area (Å²) in [5.74, 6) is 0.664. The Hall–Kier alpha value is -1.15. The van der Waals surface area contributed by atoms with Gasteiger partial charge in [0.15, 0.2) is 5.78 Å². The lowest BCUT2D eigenvalue weighted by Crippen LogP contribution is -2.18. The molecule has 0 N–H and O–H groups in total. The molecule has 1 atom stereocenters. The molecule has 0 bridgehead atoms. The molecular weight excluding hydrogens is 212 g/mol. The van der Waals surface area contributed by atoms with E-state index in [-0.39, 0.29) is 18.5 Å². The minimum atomic E-state index is 0.0682. The maximum atomic E-state index is 11.9. The number of benzene rings is 1. The van der Waals surface area contributed by atoms with Crippen molar-refractivity contribution in [2.24, 2.45) is 5.92 Å². The Labute approximate surface area is 104 Å². The van der Waals surface area contributed by atoms with E-state index in [1.54, 1.807) is 0 Å². The fraction of sp³-hybridized carbons (Fsp3) is 0.533. The molecule has 17 heavy (non-hydrogen) atoms. The molecule has 0 fully saturated rings. The Balaban J connectivity index is 2.48. The van der Waals surface area contributed by atoms with Gasteiger partial charge in [0.25, 0.3) is 0 Å². The van der Waals surface area contributed by atoms with Crippen molar-refractivity contribution in [2.45, 2.75) is 40.2 Å². The molecule has 0 aliphatic heterocycles. The van der Waals surface area contributed by atoms with Crippen molar-refractivity contribution in [3.05, 3.63) is 35.4 Å². The van der Waals surface area contributed by atoms with E-state index >= 15 is 0 Å². The highest BCUT2D eigenvalue weighted by Crippen LogP contribution is 2.11. The summed E-state index contributed by atoms with van der Waals surface area (Å²) in [6, 6.07) is 7.63. The minimum Gasteiger partial charge on any atom is -0.370 e. The fourth-order valence-corrected chi connectivity index (χ4v) is 1.91. The standard InChI is InChI=1S/C15H22O2/c1-11(2)9-13(4)17-10-15(16)14-8-6-5-7-12(14)3/h5-8,11,13H,9-10H2,1-4H3. The first-order valence-electron chi connectivity index (χ1n) is 6.21. The third-order valence-electron chi connectivity index (χ3n) is 2.75. The predicted molar refractivity (Wildman–Crippen MR) is 70.4 cm³/mol. The first kappa shape index (κ1) is 13.9. The van der Waals surface area contributed by atoms with Gasteiger partial charge < -0.3 is 4.74 Å². The number of ether oxygens (including phenoxy) is 1. The number of hydrogen-bond acceptors (Lipinski definition) is 2. The molecule has 0 aliphatic carbocycles. The third-order valence-corrected chi connectivity index (χ3v) is 2.75. The molecule has 0 heterocycles. The minimum absolute atomic E-state index is 0.0682. The molecule has 2 nitrogen and oxygen atoms in total. The smallest absolute Gasteiger partial charge is 0.188 e. The van der Waals surface area contributed by atoms with Gasteiger partial charge in [0, 0.05) is 5.56 Å². The average molecular weight is 234 g/mol. The summed E-state index contributed by atoms with van der Waals surface area (Å²) in [5, 5.41) is 0. The van der Waals surface area contributed by atoms with Crippen molar-refractivity contribution in [2.75, 3.05) is 6.61 Å². The van der Waals surface area contributed by atoms with Gasteiger partial charge in [0.05, 0.1) is 6.10 Å². The molecule has 0 saturated heterocycles. The Kier molecular flexibility index (Phi) is 5.36. The van der Waals surface area contributed by atoms with E-state index in [9.17, 15) is 4.79 Å². The summed E-state index contributed by atoms with van der Waals surface area (Å²) in [7, 11) is 0. The van der Waals surface area contributed by atoms with E-state index < -0.39 is 0 Å². The molecule has 0 spiro atoms. The summed E-state index contributed by atoms with van der Waals surface area (Å²) in [6.45, 7) is 8.46. The van der Waals surface area contributed by atoms with Crippen molar-refractivity contribution >= 4 is 5.78 Å². The molecule has 1 aromatic carbocycles. The molecule has 0 saturated carbocycles. The second-order valence-electron chi connectivity index (χ2n) is 4.99. The van der Waals surface area contributed by atoms with Crippen molar-refractivity contribution in [1.82, 2.24) is 0 Å². The maximum absolute atomic E-state index is 11.9. The highest BCUT2D eigenvalue weighted by Gasteiger charge is 2.11. The van der Waals surface area contributed by atoms with Crippen LogP contribution in [0.15, 0.2) is 24.3 Å². The zero-order valence-corrected chi connectivity index (χ0v) is 11.2. The van der Waals surface area contributed by atoms with Crippen LogP contribution in [0.1, 0.15) is 43.1 Å². The molecule has 0 aromatic heterocycles. The van der Waals surface area contributed by atoms with Gasteiger partial charge in [-0.2, -0.15) is 0 Å². The zero-order chi connectivity index (χ0) is 12.8. The van der Waals surface area contributed by atoms with E-state index in [1.807, 2.05) is 38.1 Å². The number of carbonyl (C=O) groups excluding carboxylic acids is 1. The van der Waals surface area contributed by atoms with Crippen molar-refractivity contribution in [3.8, 4) is 0 Å². The van der Waals surface area contributed by atoms with Crippen molar-refractivity contribution in [3.63, 3.8) is 0 Å². The van der Waals surface area contributed by atoms with E-state index in [2.05, 4.69) is 13.8 Å². The lowest BCUT2D eigenvalue weighted by atomic mass is 10.1. The first-order valence-corrected chi connectivity index (χ1v) is 6.21. The van der Waals surface area contributed by atoms with Gasteiger partial charge in [-0.3, -0.25) is 4.79 Å². The molecule has 0 aliphatic rings. The van der Waals surface area contributed by atoms with E-state index in [0.717, 1.165) is 17.5 Å². The summed E-state index contributed by atoms with van der Waals surface area (Å²) >= 11 is 0. The third kappa shape index (κ3) is 4.70. The number of carbonyl (C=O) groups is 1. The molecule has 94 valence electrons. The van der Waals surface area contributed by atoms with Crippen LogP contribution < -0.4 is 0 Å². The van der Waals surface area contributed by atoms with Gasteiger partial charge in [0.2, 0.25) is 0 Å². The number of ketones is 1. The van der Waals surface area contributed by atoms with Crippen LogP contribution in [0.3, 0.4) is 0 Å². The van der Waals surface area contributed by atoms with E-state index in [0.29, 0.717) is 5.92 Å². The molecule has 0 amide bonds. The van der Waals surface area contributed by atoms with Crippen molar-refractivity contribution < 1.29 is 9.53 Å². The zero-order valence-electron chi connectivity index (χ0n) is 11.2. The maximum Gasteiger partial charge on any atom is 0.188 e. The number of Topliss-reactive ketones (excluding diaryl/α,β-unsaturated/α-hetero) is 1.